The van der Waals surface area contributed by atoms with E-state index < -0.39 is 0 Å². The van der Waals surface area contributed by atoms with Crippen molar-refractivity contribution in [1.29, 1.82) is 0 Å². The maximum atomic E-state index is 5.16. The van der Waals surface area contributed by atoms with E-state index in [0.29, 0.717) is 6.10 Å². The molecule has 1 nitrogen and oxygen atoms in total. The average Bonchev–Trinajstić information content (AvgIpc) is 2.15. The van der Waals surface area contributed by atoms with Crippen molar-refractivity contribution < 1.29 is 4.74 Å². The number of ether oxygens (including phenoxy) is 1. The van der Waals surface area contributed by atoms with E-state index in [1.807, 2.05) is 0 Å². The van der Waals surface area contributed by atoms with Gasteiger partial charge in [0.2, 0.25) is 0 Å². The van der Waals surface area contributed by atoms with Gasteiger partial charge < -0.3 is 4.74 Å². The molecule has 0 N–H and O–H groups in total. The van der Waals surface area contributed by atoms with Crippen LogP contribution in [0, 0.1) is 0 Å². The summed E-state index contributed by atoms with van der Waals surface area (Å²) in [5, 5.41) is 0. The second-order valence-corrected chi connectivity index (χ2v) is 3.27. The molecule has 0 saturated heterocycles. The molecular weight excluding hydrogens is 152 g/mol. The second kappa shape index (κ2) is 3.32. The Balaban J connectivity index is 2.19. The van der Waals surface area contributed by atoms with Gasteiger partial charge in [0.25, 0.3) is 4.38 Å². The number of hydrogen-bond acceptors (Lipinski definition) is 2. The largest absolute Gasteiger partial charge is 0.472 e. The predicted octanol–water partition coefficient (Wildman–Crippen LogP) is 2.43. The van der Waals surface area contributed by atoms with Crippen molar-refractivity contribution in [3.63, 3.8) is 0 Å². The predicted molar refractivity (Wildman–Crippen MR) is 43.5 cm³/mol. The molecule has 0 aromatic rings. The quantitative estimate of drug-likeness (QED) is 0.546. The average molecular weight is 161 g/mol. The van der Waals surface area contributed by atoms with Crippen LogP contribution in [0.15, 0.2) is 0 Å². The van der Waals surface area contributed by atoms with E-state index in [0.717, 1.165) is 12.8 Å². The van der Waals surface area contributed by atoms with Crippen molar-refractivity contribution in [2.24, 2.45) is 0 Å². The lowest BCUT2D eigenvalue weighted by Crippen LogP contribution is -2.08. The second-order valence-electron chi connectivity index (χ2n) is 2.27. The summed E-state index contributed by atoms with van der Waals surface area (Å²) >= 11 is 9.25. The van der Waals surface area contributed by atoms with E-state index in [1.54, 1.807) is 0 Å². The molecule has 3 heteroatoms. The summed E-state index contributed by atoms with van der Waals surface area (Å²) in [6.45, 7) is 0. The minimum absolute atomic E-state index is 0.280. The smallest absolute Gasteiger partial charge is 0.252 e. The van der Waals surface area contributed by atoms with Crippen LogP contribution in [0.3, 0.4) is 0 Å². The lowest BCUT2D eigenvalue weighted by Gasteiger charge is -2.08. The maximum Gasteiger partial charge on any atom is 0.252 e. The summed E-state index contributed by atoms with van der Waals surface area (Å²) in [5.41, 5.74) is 0. The van der Waals surface area contributed by atoms with Crippen molar-refractivity contribution in [2.45, 2.75) is 31.8 Å². The lowest BCUT2D eigenvalue weighted by molar-refractivity contribution is 0.209. The van der Waals surface area contributed by atoms with E-state index in [-0.39, 0.29) is 4.38 Å². The first kappa shape index (κ1) is 7.22. The molecule has 1 radical (unpaired) electrons. The van der Waals surface area contributed by atoms with Crippen LogP contribution in [0.2, 0.25) is 0 Å². The van der Waals surface area contributed by atoms with Gasteiger partial charge in [0, 0.05) is 0 Å². The zero-order valence-electron chi connectivity index (χ0n) is 5.13. The highest BCUT2D eigenvalue weighted by atomic mass is 32.1. The molecule has 1 rings (SSSR count). The summed E-state index contributed by atoms with van der Waals surface area (Å²) in [7, 11) is 0. The van der Waals surface area contributed by atoms with Gasteiger partial charge in [-0.05, 0) is 50.5 Å². The molecule has 1 fully saturated rings. The standard InChI is InChI=1S/C6H9OS2/c8-6(9)7-5-3-1-2-4-5/h5H,1-4H2. The Morgan fingerprint density at radius 1 is 1.33 bits per heavy atom. The molecule has 0 aromatic carbocycles. The Morgan fingerprint density at radius 2 is 1.89 bits per heavy atom. The first-order valence-corrected chi connectivity index (χ1v) is 3.98. The van der Waals surface area contributed by atoms with Crippen molar-refractivity contribution in [2.75, 3.05) is 0 Å². The fourth-order valence-electron chi connectivity index (χ4n) is 1.14. The van der Waals surface area contributed by atoms with E-state index in [4.69, 9.17) is 4.74 Å². The van der Waals surface area contributed by atoms with Crippen LogP contribution >= 0.6 is 24.8 Å². The molecule has 1 aliphatic rings. The fraction of sp³-hybridized carbons (Fsp3) is 0.833. The van der Waals surface area contributed by atoms with Crippen LogP contribution in [0.4, 0.5) is 0 Å². The number of rotatable bonds is 1. The van der Waals surface area contributed by atoms with E-state index in [9.17, 15) is 0 Å². The van der Waals surface area contributed by atoms with Gasteiger partial charge >= 0.3 is 0 Å². The summed E-state index contributed by atoms with van der Waals surface area (Å²) < 4.78 is 5.44. The Labute approximate surface area is 66.2 Å². The number of hydrogen-bond donors (Lipinski definition) is 0. The van der Waals surface area contributed by atoms with Gasteiger partial charge in [-0.25, -0.2) is 0 Å². The summed E-state index contributed by atoms with van der Waals surface area (Å²) in [6.07, 6.45) is 5.15. The molecule has 0 amide bonds. The third-order valence-electron chi connectivity index (χ3n) is 1.57. The highest BCUT2D eigenvalue weighted by Gasteiger charge is 2.16. The topological polar surface area (TPSA) is 9.23 Å². The molecule has 9 heavy (non-hydrogen) atoms. The molecule has 1 saturated carbocycles. The molecule has 0 bridgehead atoms. The van der Waals surface area contributed by atoms with Gasteiger partial charge in [0.1, 0.15) is 6.10 Å². The van der Waals surface area contributed by atoms with Crippen LogP contribution in [0.25, 0.3) is 0 Å². The molecule has 0 unspecified atom stereocenters. The lowest BCUT2D eigenvalue weighted by atomic mass is 10.3. The molecule has 0 spiro atoms. The molecule has 0 atom stereocenters. The zero-order valence-corrected chi connectivity index (χ0v) is 6.76. The first-order chi connectivity index (χ1) is 4.29. The minimum atomic E-state index is 0.280. The normalized spacial score (nSPS) is 20.0. The minimum Gasteiger partial charge on any atom is -0.472 e. The Hall–Kier alpha value is 0.110. The van der Waals surface area contributed by atoms with Gasteiger partial charge in [-0.15, -0.1) is 0 Å². The molecule has 0 aliphatic heterocycles. The van der Waals surface area contributed by atoms with E-state index >= 15 is 0 Å². The van der Waals surface area contributed by atoms with Crippen LogP contribution in [-0.2, 0) is 4.74 Å². The summed E-state index contributed by atoms with van der Waals surface area (Å²) in [5.74, 6) is 0. The third kappa shape index (κ3) is 2.45. The molecule has 0 heterocycles. The van der Waals surface area contributed by atoms with E-state index in [2.05, 4.69) is 24.8 Å². The van der Waals surface area contributed by atoms with Crippen LogP contribution in [0.5, 0.6) is 0 Å². The van der Waals surface area contributed by atoms with Crippen molar-refractivity contribution in [3.05, 3.63) is 0 Å². The monoisotopic (exact) mass is 161 g/mol. The van der Waals surface area contributed by atoms with Crippen molar-refractivity contribution >= 4 is 29.2 Å². The fourth-order valence-corrected chi connectivity index (χ4v) is 1.41. The van der Waals surface area contributed by atoms with Gasteiger partial charge in [-0.3, -0.25) is 0 Å². The third-order valence-corrected chi connectivity index (χ3v) is 1.76. The van der Waals surface area contributed by atoms with Crippen LogP contribution in [-0.4, -0.2) is 10.5 Å². The van der Waals surface area contributed by atoms with Crippen molar-refractivity contribution in [3.8, 4) is 0 Å². The van der Waals surface area contributed by atoms with Crippen LogP contribution in [0.1, 0.15) is 25.7 Å². The summed E-state index contributed by atoms with van der Waals surface area (Å²) in [6, 6.07) is 0. The molecule has 51 valence electrons. The van der Waals surface area contributed by atoms with Gasteiger partial charge in [-0.1, -0.05) is 0 Å². The maximum absolute atomic E-state index is 5.16. The molecular formula is C6H9OS2. The van der Waals surface area contributed by atoms with Crippen LogP contribution < -0.4 is 0 Å². The highest BCUT2D eigenvalue weighted by molar-refractivity contribution is 8.10. The highest BCUT2D eigenvalue weighted by Crippen LogP contribution is 2.21. The molecule has 1 aliphatic carbocycles. The SMILES string of the molecule is [S]C(=S)OC1CCCC1. The Kier molecular flexibility index (Phi) is 2.66. The number of thiocarbonyl (C=S) groups is 1. The Bertz CT molecular complexity index is 108. The molecule has 0 aromatic heterocycles. The van der Waals surface area contributed by atoms with Crippen molar-refractivity contribution in [1.82, 2.24) is 0 Å². The van der Waals surface area contributed by atoms with Gasteiger partial charge in [0.15, 0.2) is 0 Å². The summed E-state index contributed by atoms with van der Waals surface area (Å²) in [4.78, 5) is 0. The Morgan fingerprint density at radius 3 is 2.33 bits per heavy atom. The van der Waals surface area contributed by atoms with Gasteiger partial charge in [-0.2, -0.15) is 0 Å². The first-order valence-electron chi connectivity index (χ1n) is 3.16. The van der Waals surface area contributed by atoms with Gasteiger partial charge in [0.05, 0.1) is 0 Å². The zero-order chi connectivity index (χ0) is 6.69. The van der Waals surface area contributed by atoms with E-state index in [1.165, 1.54) is 12.8 Å².